The Kier molecular flexibility index (Phi) is 3.97. The summed E-state index contributed by atoms with van der Waals surface area (Å²) in [6, 6.07) is 0.0427. The molecule has 2 amide bonds. The van der Waals surface area contributed by atoms with Crippen molar-refractivity contribution in [1.29, 1.82) is 0 Å². The molecular weight excluding hydrogens is 192 g/mol. The Morgan fingerprint density at radius 2 is 2.20 bits per heavy atom. The Labute approximate surface area is 92.0 Å². The number of amides is 2. The summed E-state index contributed by atoms with van der Waals surface area (Å²) in [4.78, 5) is 13.7. The van der Waals surface area contributed by atoms with Gasteiger partial charge in [0, 0.05) is 31.7 Å². The quantitative estimate of drug-likeness (QED) is 0.756. The molecule has 0 spiro atoms. The molecule has 0 aromatic rings. The number of carbonyl (C=O) groups is 1. The highest BCUT2D eigenvalue weighted by Gasteiger charge is 2.27. The highest BCUT2D eigenvalue weighted by atomic mass is 16.5. The molecule has 15 heavy (non-hydrogen) atoms. The van der Waals surface area contributed by atoms with Gasteiger partial charge in [-0.05, 0) is 27.2 Å². The molecule has 1 fully saturated rings. The van der Waals surface area contributed by atoms with Gasteiger partial charge in [0.15, 0.2) is 0 Å². The standard InChI is InChI=1S/C11H22N2O2/c1-11(2,3)12-10(14)13-6-5-9(7-13)8-15-4/h9H,5-8H2,1-4H3,(H,12,14). The molecule has 0 aromatic carbocycles. The van der Waals surface area contributed by atoms with Crippen LogP contribution in [0, 0.1) is 5.92 Å². The summed E-state index contributed by atoms with van der Waals surface area (Å²) in [5.41, 5.74) is -0.156. The lowest BCUT2D eigenvalue weighted by molar-refractivity contribution is 0.152. The van der Waals surface area contributed by atoms with E-state index in [9.17, 15) is 4.79 Å². The second-order valence-corrected chi connectivity index (χ2v) is 5.24. The van der Waals surface area contributed by atoms with Crippen molar-refractivity contribution in [2.75, 3.05) is 26.8 Å². The van der Waals surface area contributed by atoms with E-state index in [-0.39, 0.29) is 11.6 Å². The molecule has 1 heterocycles. The Bertz CT molecular complexity index is 223. The first kappa shape index (κ1) is 12.3. The summed E-state index contributed by atoms with van der Waals surface area (Å²) >= 11 is 0. The highest BCUT2D eigenvalue weighted by molar-refractivity contribution is 5.75. The van der Waals surface area contributed by atoms with Crippen LogP contribution in [0.5, 0.6) is 0 Å². The Morgan fingerprint density at radius 1 is 1.53 bits per heavy atom. The normalized spacial score (nSPS) is 21.9. The van der Waals surface area contributed by atoms with Crippen molar-refractivity contribution in [1.82, 2.24) is 10.2 Å². The van der Waals surface area contributed by atoms with Crippen LogP contribution < -0.4 is 5.32 Å². The van der Waals surface area contributed by atoms with Gasteiger partial charge in [-0.1, -0.05) is 0 Å². The second kappa shape index (κ2) is 4.84. The first-order valence-electron chi connectivity index (χ1n) is 5.48. The van der Waals surface area contributed by atoms with E-state index < -0.39 is 0 Å². The van der Waals surface area contributed by atoms with E-state index in [0.29, 0.717) is 5.92 Å². The number of carbonyl (C=O) groups excluding carboxylic acids is 1. The Balaban J connectivity index is 2.37. The van der Waals surface area contributed by atoms with Crippen LogP contribution in [-0.4, -0.2) is 43.3 Å². The van der Waals surface area contributed by atoms with E-state index in [1.165, 1.54) is 0 Å². The maximum atomic E-state index is 11.8. The largest absolute Gasteiger partial charge is 0.384 e. The number of urea groups is 1. The fourth-order valence-corrected chi connectivity index (χ4v) is 1.79. The van der Waals surface area contributed by atoms with E-state index in [2.05, 4.69) is 5.32 Å². The number of hydrogen-bond donors (Lipinski definition) is 1. The third-order valence-electron chi connectivity index (χ3n) is 2.46. The molecule has 0 saturated carbocycles. The number of rotatable bonds is 2. The average molecular weight is 214 g/mol. The summed E-state index contributed by atoms with van der Waals surface area (Å²) in [5.74, 6) is 0.501. The molecule has 0 aromatic heterocycles. The van der Waals surface area contributed by atoms with Gasteiger partial charge in [-0.2, -0.15) is 0 Å². The molecule has 1 unspecified atom stereocenters. The fourth-order valence-electron chi connectivity index (χ4n) is 1.79. The molecule has 4 heteroatoms. The molecule has 1 saturated heterocycles. The number of nitrogens with zero attached hydrogens (tertiary/aromatic N) is 1. The molecule has 0 radical (unpaired) electrons. The van der Waals surface area contributed by atoms with Crippen molar-refractivity contribution in [3.05, 3.63) is 0 Å². The van der Waals surface area contributed by atoms with E-state index in [1.807, 2.05) is 25.7 Å². The van der Waals surface area contributed by atoms with Crippen molar-refractivity contribution in [2.45, 2.75) is 32.7 Å². The van der Waals surface area contributed by atoms with Crippen molar-refractivity contribution < 1.29 is 9.53 Å². The SMILES string of the molecule is COCC1CCN(C(=O)NC(C)(C)C)C1. The maximum Gasteiger partial charge on any atom is 0.317 e. The van der Waals surface area contributed by atoms with Gasteiger partial charge >= 0.3 is 6.03 Å². The molecule has 1 N–H and O–H groups in total. The topological polar surface area (TPSA) is 41.6 Å². The predicted octanol–water partition coefficient (Wildman–Crippen LogP) is 1.46. The summed E-state index contributed by atoms with van der Waals surface area (Å²) in [6.07, 6.45) is 1.05. The molecule has 1 aliphatic heterocycles. The van der Waals surface area contributed by atoms with Crippen LogP contribution in [0.1, 0.15) is 27.2 Å². The molecule has 0 bridgehead atoms. The van der Waals surface area contributed by atoms with Crippen LogP contribution in [0.2, 0.25) is 0 Å². The highest BCUT2D eigenvalue weighted by Crippen LogP contribution is 2.16. The lowest BCUT2D eigenvalue weighted by Crippen LogP contribution is -2.47. The van der Waals surface area contributed by atoms with Crippen molar-refractivity contribution in [3.8, 4) is 0 Å². The van der Waals surface area contributed by atoms with Gasteiger partial charge < -0.3 is 15.0 Å². The van der Waals surface area contributed by atoms with Crippen LogP contribution in [-0.2, 0) is 4.74 Å². The number of ether oxygens (including phenoxy) is 1. The summed E-state index contributed by atoms with van der Waals surface area (Å²) in [7, 11) is 1.71. The van der Waals surface area contributed by atoms with Gasteiger partial charge in [0.2, 0.25) is 0 Å². The molecule has 88 valence electrons. The number of nitrogens with one attached hydrogen (secondary N) is 1. The lowest BCUT2D eigenvalue weighted by atomic mass is 10.1. The van der Waals surface area contributed by atoms with Crippen molar-refractivity contribution >= 4 is 6.03 Å². The van der Waals surface area contributed by atoms with Gasteiger partial charge in [0.25, 0.3) is 0 Å². The predicted molar refractivity (Wildman–Crippen MR) is 59.8 cm³/mol. The van der Waals surface area contributed by atoms with Crippen LogP contribution >= 0.6 is 0 Å². The molecule has 4 nitrogen and oxygen atoms in total. The number of hydrogen-bond acceptors (Lipinski definition) is 2. The Morgan fingerprint density at radius 3 is 2.73 bits per heavy atom. The average Bonchev–Trinajstić information content (AvgIpc) is 2.50. The monoisotopic (exact) mass is 214 g/mol. The smallest absolute Gasteiger partial charge is 0.317 e. The van der Waals surface area contributed by atoms with Crippen LogP contribution in [0.25, 0.3) is 0 Å². The maximum absolute atomic E-state index is 11.8. The van der Waals surface area contributed by atoms with Crippen molar-refractivity contribution in [3.63, 3.8) is 0 Å². The van der Waals surface area contributed by atoms with E-state index in [4.69, 9.17) is 4.74 Å². The fraction of sp³-hybridized carbons (Fsp3) is 0.909. The zero-order valence-electron chi connectivity index (χ0n) is 10.2. The van der Waals surface area contributed by atoms with Crippen LogP contribution in [0.3, 0.4) is 0 Å². The number of likely N-dealkylation sites (tertiary alicyclic amines) is 1. The lowest BCUT2D eigenvalue weighted by Gasteiger charge is -2.25. The van der Waals surface area contributed by atoms with E-state index >= 15 is 0 Å². The third-order valence-corrected chi connectivity index (χ3v) is 2.46. The van der Waals surface area contributed by atoms with Gasteiger partial charge in [-0.3, -0.25) is 0 Å². The van der Waals surface area contributed by atoms with Crippen LogP contribution in [0.4, 0.5) is 4.79 Å². The molecule has 1 atom stereocenters. The van der Waals surface area contributed by atoms with Crippen LogP contribution in [0.15, 0.2) is 0 Å². The van der Waals surface area contributed by atoms with Gasteiger partial charge in [-0.15, -0.1) is 0 Å². The molecule has 0 aliphatic carbocycles. The summed E-state index contributed by atoms with van der Waals surface area (Å²) in [5, 5.41) is 2.97. The van der Waals surface area contributed by atoms with Gasteiger partial charge in [-0.25, -0.2) is 4.79 Å². The molecule has 1 aliphatic rings. The first-order valence-corrected chi connectivity index (χ1v) is 5.48. The minimum absolute atomic E-state index is 0.0427. The second-order valence-electron chi connectivity index (χ2n) is 5.24. The summed E-state index contributed by atoms with van der Waals surface area (Å²) in [6.45, 7) is 8.39. The van der Waals surface area contributed by atoms with Gasteiger partial charge in [0.05, 0.1) is 6.61 Å². The summed E-state index contributed by atoms with van der Waals surface area (Å²) < 4.78 is 5.10. The zero-order valence-corrected chi connectivity index (χ0v) is 10.2. The first-order chi connectivity index (χ1) is 6.92. The van der Waals surface area contributed by atoms with Crippen molar-refractivity contribution in [2.24, 2.45) is 5.92 Å². The minimum Gasteiger partial charge on any atom is -0.384 e. The minimum atomic E-state index is -0.156. The Hall–Kier alpha value is -0.770. The molecule has 1 rings (SSSR count). The van der Waals surface area contributed by atoms with E-state index in [1.54, 1.807) is 7.11 Å². The molecular formula is C11H22N2O2. The van der Waals surface area contributed by atoms with Gasteiger partial charge in [0.1, 0.15) is 0 Å². The third kappa shape index (κ3) is 4.08. The van der Waals surface area contributed by atoms with E-state index in [0.717, 1.165) is 26.1 Å². The number of methoxy groups -OCH3 is 1. The zero-order chi connectivity index (χ0) is 11.5.